The summed E-state index contributed by atoms with van der Waals surface area (Å²) < 4.78 is 32.9. The van der Waals surface area contributed by atoms with Gasteiger partial charge in [0.15, 0.2) is 4.32 Å². The van der Waals surface area contributed by atoms with Crippen LogP contribution < -0.4 is 9.64 Å². The molecule has 0 N–H and O–H groups in total. The molecule has 0 radical (unpaired) electrons. The minimum atomic E-state index is -0.440. The van der Waals surface area contributed by atoms with E-state index in [0.717, 1.165) is 17.3 Å². The lowest BCUT2D eigenvalue weighted by Gasteiger charge is -2.14. The number of amides is 1. The van der Waals surface area contributed by atoms with Gasteiger partial charge in [0.2, 0.25) is 0 Å². The van der Waals surface area contributed by atoms with E-state index in [1.807, 2.05) is 18.2 Å². The third-order valence-corrected chi connectivity index (χ3v) is 5.68. The van der Waals surface area contributed by atoms with Crippen LogP contribution in [0.4, 0.5) is 14.5 Å². The van der Waals surface area contributed by atoms with E-state index >= 15 is 0 Å². The van der Waals surface area contributed by atoms with Crippen LogP contribution in [-0.4, -0.2) is 10.2 Å². The normalized spacial score (nSPS) is 15.1. The average molecular weight is 440 g/mol. The summed E-state index contributed by atoms with van der Waals surface area (Å²) in [6.07, 6.45) is 1.71. The zero-order valence-corrected chi connectivity index (χ0v) is 17.2. The first-order valence-corrected chi connectivity index (χ1v) is 10.2. The average Bonchev–Trinajstić information content (AvgIpc) is 3.01. The molecule has 30 heavy (non-hydrogen) atoms. The van der Waals surface area contributed by atoms with Gasteiger partial charge in [-0.25, -0.2) is 8.78 Å². The number of carbonyl (C=O) groups excluding carboxylic acids is 1. The fraction of sp³-hybridized carbons (Fsp3) is 0.0435. The molecule has 0 spiro atoms. The summed E-state index contributed by atoms with van der Waals surface area (Å²) in [6, 6.07) is 19.1. The van der Waals surface area contributed by atoms with Crippen LogP contribution in [0.5, 0.6) is 5.75 Å². The van der Waals surface area contributed by atoms with Gasteiger partial charge in [0.1, 0.15) is 24.0 Å². The Morgan fingerprint density at radius 3 is 2.50 bits per heavy atom. The number of thioether (sulfide) groups is 1. The first kappa shape index (κ1) is 20.3. The Balaban J connectivity index is 1.57. The van der Waals surface area contributed by atoms with Gasteiger partial charge in [-0.15, -0.1) is 0 Å². The van der Waals surface area contributed by atoms with Crippen LogP contribution in [0.1, 0.15) is 11.1 Å². The molecule has 150 valence electrons. The minimum Gasteiger partial charge on any atom is -0.488 e. The molecule has 1 heterocycles. The number of ether oxygens (including phenoxy) is 1. The van der Waals surface area contributed by atoms with Crippen LogP contribution in [0.2, 0.25) is 0 Å². The molecular weight excluding hydrogens is 424 g/mol. The Bertz CT molecular complexity index is 1150. The van der Waals surface area contributed by atoms with Crippen LogP contribution in [0, 0.1) is 11.6 Å². The summed E-state index contributed by atoms with van der Waals surface area (Å²) in [4.78, 5) is 14.6. The fourth-order valence-electron chi connectivity index (χ4n) is 2.92. The maximum absolute atomic E-state index is 13.6. The molecule has 1 aliphatic heterocycles. The molecule has 1 fully saturated rings. The van der Waals surface area contributed by atoms with Crippen molar-refractivity contribution in [1.29, 1.82) is 0 Å². The molecule has 0 atom stereocenters. The van der Waals surface area contributed by atoms with E-state index in [4.69, 9.17) is 17.0 Å². The summed E-state index contributed by atoms with van der Waals surface area (Å²) in [7, 11) is 0. The first-order chi connectivity index (χ1) is 14.5. The van der Waals surface area contributed by atoms with E-state index in [0.29, 0.717) is 26.2 Å². The molecule has 0 bridgehead atoms. The molecular formula is C23H15F2NO2S2. The number of carbonyl (C=O) groups is 1. The number of anilines is 1. The van der Waals surface area contributed by atoms with Crippen LogP contribution in [0.25, 0.3) is 6.08 Å². The summed E-state index contributed by atoms with van der Waals surface area (Å²) in [5, 5.41) is 0. The van der Waals surface area contributed by atoms with Crippen molar-refractivity contribution in [2.45, 2.75) is 6.61 Å². The standard InChI is InChI=1S/C23H15F2NO2S2/c24-17-10-8-15(9-11-17)14-28-20-7-2-1-4-16(20)12-21-22(27)26(23(29)30-21)19-6-3-5-18(25)13-19/h1-13H,14H2/b21-12+. The molecule has 0 saturated carbocycles. The van der Waals surface area contributed by atoms with Crippen molar-refractivity contribution >= 4 is 46.0 Å². The molecule has 3 aromatic rings. The van der Waals surface area contributed by atoms with Gasteiger partial charge in [-0.05, 0) is 48.0 Å². The third kappa shape index (κ3) is 4.42. The van der Waals surface area contributed by atoms with Crippen molar-refractivity contribution in [3.05, 3.63) is 100 Å². The zero-order valence-electron chi connectivity index (χ0n) is 15.5. The van der Waals surface area contributed by atoms with Crippen molar-refractivity contribution in [1.82, 2.24) is 0 Å². The topological polar surface area (TPSA) is 29.5 Å². The van der Waals surface area contributed by atoms with Crippen LogP contribution in [0.15, 0.2) is 77.7 Å². The van der Waals surface area contributed by atoms with E-state index in [1.165, 1.54) is 35.2 Å². The van der Waals surface area contributed by atoms with Gasteiger partial charge in [-0.2, -0.15) is 0 Å². The maximum atomic E-state index is 13.6. The monoisotopic (exact) mass is 439 g/mol. The van der Waals surface area contributed by atoms with Crippen molar-refractivity contribution in [2.24, 2.45) is 0 Å². The number of thiocarbonyl (C=S) groups is 1. The lowest BCUT2D eigenvalue weighted by atomic mass is 10.1. The molecule has 4 rings (SSSR count). The van der Waals surface area contributed by atoms with Gasteiger partial charge in [0, 0.05) is 5.56 Å². The van der Waals surface area contributed by atoms with Crippen molar-refractivity contribution in [3.63, 3.8) is 0 Å². The Morgan fingerprint density at radius 2 is 1.73 bits per heavy atom. The largest absolute Gasteiger partial charge is 0.488 e. The van der Waals surface area contributed by atoms with E-state index in [-0.39, 0.29) is 18.3 Å². The number of rotatable bonds is 5. The second kappa shape index (κ2) is 8.77. The third-order valence-electron chi connectivity index (χ3n) is 4.37. The number of hydrogen-bond acceptors (Lipinski definition) is 4. The lowest BCUT2D eigenvalue weighted by Crippen LogP contribution is -2.27. The van der Waals surface area contributed by atoms with Gasteiger partial charge in [-0.3, -0.25) is 9.69 Å². The minimum absolute atomic E-state index is 0.259. The van der Waals surface area contributed by atoms with Gasteiger partial charge in [-0.1, -0.05) is 60.4 Å². The molecule has 1 aliphatic rings. The predicted octanol–water partition coefficient (Wildman–Crippen LogP) is 5.95. The van der Waals surface area contributed by atoms with E-state index in [1.54, 1.807) is 30.3 Å². The second-order valence-corrected chi connectivity index (χ2v) is 8.13. The molecule has 0 unspecified atom stereocenters. The summed E-state index contributed by atoms with van der Waals surface area (Å²) >= 11 is 6.49. The molecule has 7 heteroatoms. The summed E-state index contributed by atoms with van der Waals surface area (Å²) in [5.74, 6) is -0.480. The van der Waals surface area contributed by atoms with Gasteiger partial charge < -0.3 is 4.74 Å². The Morgan fingerprint density at radius 1 is 0.967 bits per heavy atom. The lowest BCUT2D eigenvalue weighted by molar-refractivity contribution is -0.113. The molecule has 1 amide bonds. The molecule has 0 aliphatic carbocycles. The van der Waals surface area contributed by atoms with E-state index in [2.05, 4.69) is 0 Å². The molecule has 3 nitrogen and oxygen atoms in total. The number of benzene rings is 3. The predicted molar refractivity (Wildman–Crippen MR) is 119 cm³/mol. The highest BCUT2D eigenvalue weighted by molar-refractivity contribution is 8.27. The van der Waals surface area contributed by atoms with E-state index in [9.17, 15) is 13.6 Å². The number of hydrogen-bond donors (Lipinski definition) is 0. The quantitative estimate of drug-likeness (QED) is 0.363. The number of halogens is 2. The number of para-hydroxylation sites is 1. The van der Waals surface area contributed by atoms with Gasteiger partial charge in [0.25, 0.3) is 5.91 Å². The first-order valence-electron chi connectivity index (χ1n) is 9.01. The molecule has 3 aromatic carbocycles. The highest BCUT2D eigenvalue weighted by Gasteiger charge is 2.33. The van der Waals surface area contributed by atoms with E-state index < -0.39 is 5.82 Å². The zero-order chi connectivity index (χ0) is 21.1. The Kier molecular flexibility index (Phi) is 5.92. The number of nitrogens with zero attached hydrogens (tertiary/aromatic N) is 1. The van der Waals surface area contributed by atoms with Crippen LogP contribution in [-0.2, 0) is 11.4 Å². The van der Waals surface area contributed by atoms with Gasteiger partial charge >= 0.3 is 0 Å². The van der Waals surface area contributed by atoms with Crippen molar-refractivity contribution < 1.29 is 18.3 Å². The Labute approximate surface area is 182 Å². The highest BCUT2D eigenvalue weighted by Crippen LogP contribution is 2.37. The van der Waals surface area contributed by atoms with Crippen molar-refractivity contribution in [2.75, 3.05) is 4.90 Å². The van der Waals surface area contributed by atoms with Gasteiger partial charge in [0.05, 0.1) is 10.6 Å². The van der Waals surface area contributed by atoms with Crippen LogP contribution >= 0.6 is 24.0 Å². The summed E-state index contributed by atoms with van der Waals surface area (Å²) in [5.41, 5.74) is 1.92. The second-order valence-electron chi connectivity index (χ2n) is 6.45. The van der Waals surface area contributed by atoms with Crippen molar-refractivity contribution in [3.8, 4) is 5.75 Å². The maximum Gasteiger partial charge on any atom is 0.270 e. The van der Waals surface area contributed by atoms with Crippen LogP contribution in [0.3, 0.4) is 0 Å². The Hall–Kier alpha value is -3.03. The smallest absolute Gasteiger partial charge is 0.270 e. The highest BCUT2D eigenvalue weighted by atomic mass is 32.2. The summed E-state index contributed by atoms with van der Waals surface area (Å²) in [6.45, 7) is 0.259. The fourth-order valence-corrected chi connectivity index (χ4v) is 4.21. The SMILES string of the molecule is O=C1/C(=C\c2ccccc2OCc2ccc(F)cc2)SC(=S)N1c1cccc(F)c1. The molecule has 0 aromatic heterocycles. The molecule has 1 saturated heterocycles.